The van der Waals surface area contributed by atoms with Crippen LogP contribution in [0.1, 0.15) is 17.5 Å². The first kappa shape index (κ1) is 8.83. The summed E-state index contributed by atoms with van der Waals surface area (Å²) in [6.45, 7) is 2.69. The third-order valence-electron chi connectivity index (χ3n) is 2.41. The van der Waals surface area contributed by atoms with E-state index in [1.807, 2.05) is 25.1 Å². The van der Waals surface area contributed by atoms with Crippen molar-refractivity contribution in [1.29, 1.82) is 5.26 Å². The summed E-state index contributed by atoms with van der Waals surface area (Å²) < 4.78 is 5.58. The molecule has 0 radical (unpaired) electrons. The zero-order valence-electron chi connectivity index (χ0n) is 8.08. The van der Waals surface area contributed by atoms with Gasteiger partial charge in [-0.2, -0.15) is 5.26 Å². The maximum absolute atomic E-state index is 8.65. The van der Waals surface area contributed by atoms with E-state index in [2.05, 4.69) is 6.07 Å². The number of fused-ring (bicyclic) bond motifs is 1. The fourth-order valence-corrected chi connectivity index (χ4v) is 1.72. The summed E-state index contributed by atoms with van der Waals surface area (Å²) in [4.78, 5) is 0. The molecule has 2 heteroatoms. The van der Waals surface area contributed by atoms with Crippen LogP contribution in [-0.4, -0.2) is 6.61 Å². The number of para-hydroxylation sites is 1. The van der Waals surface area contributed by atoms with Crippen LogP contribution in [0.5, 0.6) is 5.75 Å². The number of hydrogen-bond acceptors (Lipinski definition) is 2. The molecule has 2 nitrogen and oxygen atoms in total. The highest BCUT2D eigenvalue weighted by molar-refractivity contribution is 5.74. The summed E-state index contributed by atoms with van der Waals surface area (Å²) in [5.41, 5.74) is 3.28. The van der Waals surface area contributed by atoms with E-state index in [1.54, 1.807) is 6.08 Å². The maximum Gasteiger partial charge on any atom is 0.129 e. The average molecular weight is 185 g/mol. The van der Waals surface area contributed by atoms with Gasteiger partial charge in [-0.15, -0.1) is 0 Å². The number of nitrogens with zero attached hydrogens (tertiary/aromatic N) is 1. The van der Waals surface area contributed by atoms with E-state index >= 15 is 0 Å². The number of allylic oxidation sites excluding steroid dienone is 1. The monoisotopic (exact) mass is 185 g/mol. The number of hydrogen-bond donors (Lipinski definition) is 0. The van der Waals surface area contributed by atoms with Crippen molar-refractivity contribution in [2.75, 3.05) is 6.61 Å². The number of rotatable bonds is 0. The van der Waals surface area contributed by atoms with Crippen molar-refractivity contribution in [3.63, 3.8) is 0 Å². The molecule has 0 saturated heterocycles. The standard InChI is InChI=1S/C12H11NO/c1-9-3-2-4-11-10(5-7-13)6-8-14-12(9)11/h2-5H,6,8H2,1H3/b10-5+. The smallest absolute Gasteiger partial charge is 0.129 e. The molecule has 0 fully saturated rings. The summed E-state index contributed by atoms with van der Waals surface area (Å²) in [5.74, 6) is 0.931. The van der Waals surface area contributed by atoms with E-state index in [0.29, 0.717) is 6.61 Å². The molecule has 14 heavy (non-hydrogen) atoms. The van der Waals surface area contributed by atoms with Crippen molar-refractivity contribution in [2.45, 2.75) is 13.3 Å². The molecule has 1 heterocycles. The SMILES string of the molecule is Cc1cccc2c1OCC/C2=C\C#N. The molecule has 0 N–H and O–H groups in total. The van der Waals surface area contributed by atoms with Crippen molar-refractivity contribution in [3.8, 4) is 11.8 Å². The molecule has 0 amide bonds. The Hall–Kier alpha value is -1.75. The van der Waals surface area contributed by atoms with Gasteiger partial charge in [0.05, 0.1) is 12.7 Å². The van der Waals surface area contributed by atoms with Gasteiger partial charge in [0.1, 0.15) is 5.75 Å². The Morgan fingerprint density at radius 1 is 1.50 bits per heavy atom. The lowest BCUT2D eigenvalue weighted by atomic mass is 9.97. The zero-order valence-corrected chi connectivity index (χ0v) is 8.08. The fourth-order valence-electron chi connectivity index (χ4n) is 1.72. The van der Waals surface area contributed by atoms with Gasteiger partial charge in [-0.3, -0.25) is 0 Å². The van der Waals surface area contributed by atoms with Gasteiger partial charge in [-0.05, 0) is 18.1 Å². The Morgan fingerprint density at radius 2 is 2.36 bits per heavy atom. The molecule has 1 aromatic carbocycles. The van der Waals surface area contributed by atoms with E-state index in [9.17, 15) is 0 Å². The van der Waals surface area contributed by atoms with Crippen LogP contribution in [0.2, 0.25) is 0 Å². The van der Waals surface area contributed by atoms with Gasteiger partial charge in [0.2, 0.25) is 0 Å². The zero-order chi connectivity index (χ0) is 9.97. The first-order chi connectivity index (χ1) is 6.83. The normalized spacial score (nSPS) is 17.0. The first-order valence-electron chi connectivity index (χ1n) is 4.64. The van der Waals surface area contributed by atoms with Crippen LogP contribution in [-0.2, 0) is 0 Å². The predicted octanol–water partition coefficient (Wildman–Crippen LogP) is 2.68. The second kappa shape index (κ2) is 3.55. The summed E-state index contributed by atoms with van der Waals surface area (Å²) in [7, 11) is 0. The molecule has 2 rings (SSSR count). The fraction of sp³-hybridized carbons (Fsp3) is 0.250. The molecule has 1 aliphatic rings. The van der Waals surface area contributed by atoms with Crippen LogP contribution in [0.3, 0.4) is 0 Å². The minimum atomic E-state index is 0.672. The molecule has 0 bridgehead atoms. The van der Waals surface area contributed by atoms with Crippen molar-refractivity contribution >= 4 is 5.57 Å². The number of nitriles is 1. The second-order valence-electron chi connectivity index (χ2n) is 3.35. The summed E-state index contributed by atoms with van der Waals surface area (Å²) in [5, 5.41) is 8.65. The highest BCUT2D eigenvalue weighted by Crippen LogP contribution is 2.34. The number of benzene rings is 1. The molecule has 0 aliphatic carbocycles. The van der Waals surface area contributed by atoms with Gasteiger partial charge in [0.25, 0.3) is 0 Å². The molecule has 1 aliphatic heterocycles. The summed E-state index contributed by atoms with van der Waals surface area (Å²) >= 11 is 0. The summed E-state index contributed by atoms with van der Waals surface area (Å²) in [6.07, 6.45) is 2.44. The Bertz CT molecular complexity index is 426. The van der Waals surface area contributed by atoms with Gasteiger partial charge in [-0.25, -0.2) is 0 Å². The van der Waals surface area contributed by atoms with Crippen molar-refractivity contribution < 1.29 is 4.74 Å². The molecular weight excluding hydrogens is 174 g/mol. The molecular formula is C12H11NO. The van der Waals surface area contributed by atoms with E-state index < -0.39 is 0 Å². The van der Waals surface area contributed by atoms with Crippen LogP contribution in [0.15, 0.2) is 24.3 Å². The van der Waals surface area contributed by atoms with Crippen molar-refractivity contribution in [2.24, 2.45) is 0 Å². The van der Waals surface area contributed by atoms with Crippen LogP contribution in [0, 0.1) is 18.3 Å². The molecule has 0 aromatic heterocycles. The Labute approximate surface area is 83.4 Å². The second-order valence-corrected chi connectivity index (χ2v) is 3.35. The molecule has 0 spiro atoms. The molecule has 0 saturated carbocycles. The molecule has 70 valence electrons. The van der Waals surface area contributed by atoms with E-state index in [1.165, 1.54) is 0 Å². The average Bonchev–Trinajstić information content (AvgIpc) is 2.20. The van der Waals surface area contributed by atoms with Crippen LogP contribution in [0.25, 0.3) is 5.57 Å². The maximum atomic E-state index is 8.65. The lowest BCUT2D eigenvalue weighted by Gasteiger charge is -2.21. The first-order valence-corrected chi connectivity index (χ1v) is 4.64. The van der Waals surface area contributed by atoms with Gasteiger partial charge in [0, 0.05) is 18.1 Å². The third kappa shape index (κ3) is 1.38. The Kier molecular flexibility index (Phi) is 2.24. The van der Waals surface area contributed by atoms with Crippen molar-refractivity contribution in [1.82, 2.24) is 0 Å². The largest absolute Gasteiger partial charge is 0.492 e. The predicted molar refractivity (Wildman–Crippen MR) is 54.9 cm³/mol. The van der Waals surface area contributed by atoms with Gasteiger partial charge >= 0.3 is 0 Å². The Morgan fingerprint density at radius 3 is 3.14 bits per heavy atom. The van der Waals surface area contributed by atoms with Gasteiger partial charge < -0.3 is 4.74 Å². The van der Waals surface area contributed by atoms with E-state index in [0.717, 1.165) is 28.9 Å². The van der Waals surface area contributed by atoms with E-state index in [-0.39, 0.29) is 0 Å². The molecule has 0 unspecified atom stereocenters. The van der Waals surface area contributed by atoms with Crippen LogP contribution >= 0.6 is 0 Å². The lowest BCUT2D eigenvalue weighted by molar-refractivity contribution is 0.314. The van der Waals surface area contributed by atoms with Gasteiger partial charge in [-0.1, -0.05) is 18.2 Å². The lowest BCUT2D eigenvalue weighted by Crippen LogP contribution is -2.08. The number of ether oxygens (including phenoxy) is 1. The summed E-state index contributed by atoms with van der Waals surface area (Å²) in [6, 6.07) is 8.10. The molecule has 1 aromatic rings. The molecule has 0 atom stereocenters. The highest BCUT2D eigenvalue weighted by Gasteiger charge is 2.16. The number of aryl methyl sites for hydroxylation is 1. The third-order valence-corrected chi connectivity index (χ3v) is 2.41. The van der Waals surface area contributed by atoms with Crippen LogP contribution < -0.4 is 4.74 Å². The Balaban J connectivity index is 2.57. The topological polar surface area (TPSA) is 33.0 Å². The van der Waals surface area contributed by atoms with E-state index in [4.69, 9.17) is 10.00 Å². The van der Waals surface area contributed by atoms with Gasteiger partial charge in [0.15, 0.2) is 0 Å². The van der Waals surface area contributed by atoms with Crippen molar-refractivity contribution in [3.05, 3.63) is 35.4 Å². The van der Waals surface area contributed by atoms with Crippen LogP contribution in [0.4, 0.5) is 0 Å². The minimum Gasteiger partial charge on any atom is -0.492 e. The minimum absolute atomic E-state index is 0.672. The highest BCUT2D eigenvalue weighted by atomic mass is 16.5. The quantitative estimate of drug-likeness (QED) is 0.582.